The molecular weight excluding hydrogens is 316 g/mol. The Bertz CT molecular complexity index is 660. The molecule has 2 rings (SSSR count). The molecule has 0 saturated carbocycles. The van der Waals surface area contributed by atoms with Crippen LogP contribution in [0.1, 0.15) is 16.8 Å². The minimum Gasteiger partial charge on any atom is -0.465 e. The molecule has 1 unspecified atom stereocenters. The van der Waals surface area contributed by atoms with Crippen molar-refractivity contribution >= 4 is 38.8 Å². The number of carbonyl (C=O) groups is 1. The molecule has 0 spiro atoms. The van der Waals surface area contributed by atoms with Crippen LogP contribution in [0.4, 0.5) is 11.4 Å². The highest BCUT2D eigenvalue weighted by Gasteiger charge is 2.28. The first-order chi connectivity index (χ1) is 9.82. The number of sulfone groups is 1. The van der Waals surface area contributed by atoms with E-state index in [9.17, 15) is 13.2 Å². The summed E-state index contributed by atoms with van der Waals surface area (Å²) >= 11 is 6.11. The number of hydrogen-bond donors (Lipinski definition) is 2. The highest BCUT2D eigenvalue weighted by atomic mass is 35.5. The zero-order valence-corrected chi connectivity index (χ0v) is 13.1. The van der Waals surface area contributed by atoms with E-state index >= 15 is 0 Å². The molecule has 6 nitrogen and oxygen atoms in total. The Morgan fingerprint density at radius 2 is 2.24 bits per heavy atom. The van der Waals surface area contributed by atoms with Crippen molar-refractivity contribution in [3.8, 4) is 0 Å². The summed E-state index contributed by atoms with van der Waals surface area (Å²) in [5.41, 5.74) is 6.69. The molecule has 1 fully saturated rings. The van der Waals surface area contributed by atoms with Gasteiger partial charge in [-0.05, 0) is 24.5 Å². The normalized spacial score (nSPS) is 20.2. The van der Waals surface area contributed by atoms with Crippen molar-refractivity contribution in [3.05, 3.63) is 22.7 Å². The predicted octanol–water partition coefficient (Wildman–Crippen LogP) is 1.56. The average Bonchev–Trinajstić information content (AvgIpc) is 2.75. The van der Waals surface area contributed by atoms with E-state index in [2.05, 4.69) is 5.32 Å². The molecule has 1 aromatic rings. The molecule has 8 heteroatoms. The lowest BCUT2D eigenvalue weighted by Gasteiger charge is -2.16. The van der Waals surface area contributed by atoms with Crippen LogP contribution in [0.2, 0.25) is 5.02 Å². The number of halogens is 1. The highest BCUT2D eigenvalue weighted by Crippen LogP contribution is 2.30. The van der Waals surface area contributed by atoms with Gasteiger partial charge in [-0.15, -0.1) is 0 Å². The molecule has 21 heavy (non-hydrogen) atoms. The van der Waals surface area contributed by atoms with Crippen molar-refractivity contribution in [2.45, 2.75) is 6.42 Å². The van der Waals surface area contributed by atoms with E-state index in [1.54, 1.807) is 0 Å². The van der Waals surface area contributed by atoms with Gasteiger partial charge in [0, 0.05) is 12.2 Å². The van der Waals surface area contributed by atoms with Crippen molar-refractivity contribution < 1.29 is 17.9 Å². The molecular formula is C13H17ClN2O4S. The fourth-order valence-corrected chi connectivity index (χ4v) is 4.51. The number of esters is 1. The molecule has 1 heterocycles. The van der Waals surface area contributed by atoms with Crippen molar-refractivity contribution in [2.24, 2.45) is 5.92 Å². The topological polar surface area (TPSA) is 98.5 Å². The standard InChI is InChI=1S/C13H17ClN2O4S/c1-20-13(17)10-4-9(15)5-11(14)12(10)16-6-8-2-3-21(18,19)7-8/h4-5,8,16H,2-3,6-7,15H2,1H3. The maximum atomic E-state index is 11.8. The van der Waals surface area contributed by atoms with Gasteiger partial charge in [0.15, 0.2) is 9.84 Å². The Kier molecular flexibility index (Phi) is 4.63. The van der Waals surface area contributed by atoms with Gasteiger partial charge in [-0.2, -0.15) is 0 Å². The Balaban J connectivity index is 2.18. The van der Waals surface area contributed by atoms with Gasteiger partial charge in [0.1, 0.15) is 0 Å². The van der Waals surface area contributed by atoms with Gasteiger partial charge < -0.3 is 15.8 Å². The van der Waals surface area contributed by atoms with Crippen LogP contribution >= 0.6 is 11.6 Å². The van der Waals surface area contributed by atoms with Crippen molar-refractivity contribution in [2.75, 3.05) is 36.2 Å². The smallest absolute Gasteiger partial charge is 0.340 e. The summed E-state index contributed by atoms with van der Waals surface area (Å²) in [7, 11) is -1.66. The Hall–Kier alpha value is -1.47. The fourth-order valence-electron chi connectivity index (χ4n) is 2.36. The van der Waals surface area contributed by atoms with Gasteiger partial charge in [0.05, 0.1) is 34.9 Å². The second-order valence-electron chi connectivity index (χ2n) is 5.07. The Labute approximate surface area is 128 Å². The van der Waals surface area contributed by atoms with Gasteiger partial charge in [-0.25, -0.2) is 13.2 Å². The molecule has 0 amide bonds. The number of hydrogen-bond acceptors (Lipinski definition) is 6. The van der Waals surface area contributed by atoms with Gasteiger partial charge in [-0.3, -0.25) is 0 Å². The fraction of sp³-hybridized carbons (Fsp3) is 0.462. The first-order valence-electron chi connectivity index (χ1n) is 6.44. The monoisotopic (exact) mass is 332 g/mol. The zero-order chi connectivity index (χ0) is 15.6. The lowest BCUT2D eigenvalue weighted by Crippen LogP contribution is -2.18. The number of ether oxygens (including phenoxy) is 1. The van der Waals surface area contributed by atoms with E-state index < -0.39 is 15.8 Å². The van der Waals surface area contributed by atoms with E-state index in [1.165, 1.54) is 19.2 Å². The van der Waals surface area contributed by atoms with Gasteiger partial charge >= 0.3 is 5.97 Å². The Morgan fingerprint density at radius 1 is 1.52 bits per heavy atom. The lowest BCUT2D eigenvalue weighted by atomic mass is 10.1. The maximum absolute atomic E-state index is 11.8. The number of anilines is 2. The molecule has 1 saturated heterocycles. The van der Waals surface area contributed by atoms with Crippen molar-refractivity contribution in [3.63, 3.8) is 0 Å². The van der Waals surface area contributed by atoms with Crippen LogP contribution in [0.15, 0.2) is 12.1 Å². The average molecular weight is 333 g/mol. The molecule has 0 aromatic heterocycles. The second kappa shape index (κ2) is 6.11. The summed E-state index contributed by atoms with van der Waals surface area (Å²) in [5, 5.41) is 3.35. The molecule has 1 aliphatic heterocycles. The number of carbonyl (C=O) groups excluding carboxylic acids is 1. The number of methoxy groups -OCH3 is 1. The first-order valence-corrected chi connectivity index (χ1v) is 8.64. The minimum atomic E-state index is -2.93. The van der Waals surface area contributed by atoms with E-state index in [-0.39, 0.29) is 23.0 Å². The number of nitrogens with two attached hydrogens (primary N) is 1. The third-order valence-electron chi connectivity index (χ3n) is 3.41. The van der Waals surface area contributed by atoms with Crippen LogP contribution in [0.5, 0.6) is 0 Å². The zero-order valence-electron chi connectivity index (χ0n) is 11.6. The molecule has 1 aromatic carbocycles. The second-order valence-corrected chi connectivity index (χ2v) is 7.70. The summed E-state index contributed by atoms with van der Waals surface area (Å²) in [4.78, 5) is 11.8. The lowest BCUT2D eigenvalue weighted by molar-refractivity contribution is 0.0602. The van der Waals surface area contributed by atoms with Crippen LogP contribution in [0.25, 0.3) is 0 Å². The molecule has 0 aliphatic carbocycles. The molecule has 1 atom stereocenters. The van der Waals surface area contributed by atoms with E-state index in [1.807, 2.05) is 0 Å². The minimum absolute atomic E-state index is 0.00844. The maximum Gasteiger partial charge on any atom is 0.340 e. The SMILES string of the molecule is COC(=O)c1cc(N)cc(Cl)c1NCC1CCS(=O)(=O)C1. The van der Waals surface area contributed by atoms with Crippen LogP contribution in [0.3, 0.4) is 0 Å². The quantitative estimate of drug-likeness (QED) is 0.641. The third-order valence-corrected chi connectivity index (χ3v) is 5.55. The van der Waals surface area contributed by atoms with Gasteiger partial charge in [0.2, 0.25) is 0 Å². The molecule has 0 bridgehead atoms. The molecule has 116 valence electrons. The van der Waals surface area contributed by atoms with Crippen molar-refractivity contribution in [1.29, 1.82) is 0 Å². The number of nitrogen functional groups attached to an aromatic ring is 1. The molecule has 3 N–H and O–H groups in total. The van der Waals surface area contributed by atoms with Crippen molar-refractivity contribution in [1.82, 2.24) is 0 Å². The van der Waals surface area contributed by atoms with Crippen LogP contribution in [-0.4, -0.2) is 39.5 Å². The number of benzene rings is 1. The summed E-state index contributed by atoms with van der Waals surface area (Å²) in [6, 6.07) is 3.01. The number of rotatable bonds is 4. The van der Waals surface area contributed by atoms with Gasteiger partial charge in [-0.1, -0.05) is 11.6 Å². The molecule has 1 aliphatic rings. The third kappa shape index (κ3) is 3.79. The summed E-state index contributed by atoms with van der Waals surface area (Å²) in [5.74, 6) is -0.182. The Morgan fingerprint density at radius 3 is 2.81 bits per heavy atom. The van der Waals surface area contributed by atoms with E-state index in [4.69, 9.17) is 22.1 Å². The first kappa shape index (κ1) is 15.9. The van der Waals surface area contributed by atoms with Crippen LogP contribution in [0, 0.1) is 5.92 Å². The van der Waals surface area contributed by atoms with Crippen LogP contribution < -0.4 is 11.1 Å². The summed E-state index contributed by atoms with van der Waals surface area (Å²) in [6.45, 7) is 0.423. The summed E-state index contributed by atoms with van der Waals surface area (Å²) in [6.07, 6.45) is 0.607. The number of nitrogens with one attached hydrogen (secondary N) is 1. The largest absolute Gasteiger partial charge is 0.465 e. The van der Waals surface area contributed by atoms with Crippen LogP contribution in [-0.2, 0) is 14.6 Å². The molecule has 0 radical (unpaired) electrons. The predicted molar refractivity (Wildman–Crippen MR) is 82.5 cm³/mol. The van der Waals surface area contributed by atoms with E-state index in [0.29, 0.717) is 29.4 Å². The van der Waals surface area contributed by atoms with E-state index in [0.717, 1.165) is 0 Å². The highest BCUT2D eigenvalue weighted by molar-refractivity contribution is 7.91. The summed E-state index contributed by atoms with van der Waals surface area (Å²) < 4.78 is 27.6. The van der Waals surface area contributed by atoms with Gasteiger partial charge in [0.25, 0.3) is 0 Å².